The van der Waals surface area contributed by atoms with E-state index < -0.39 is 5.97 Å². The lowest BCUT2D eigenvalue weighted by atomic mass is 10.1. The third kappa shape index (κ3) is 18.7. The van der Waals surface area contributed by atoms with Gasteiger partial charge in [0.1, 0.15) is 0 Å². The molecule has 0 saturated carbocycles. The summed E-state index contributed by atoms with van der Waals surface area (Å²) < 4.78 is 10.3. The third-order valence-corrected chi connectivity index (χ3v) is 5.03. The molecule has 0 fully saturated rings. The lowest BCUT2D eigenvalue weighted by molar-refractivity contribution is -0.144. The van der Waals surface area contributed by atoms with Gasteiger partial charge in [0, 0.05) is 18.9 Å². The normalized spacial score (nSPS) is 11.8. The molecule has 1 aromatic rings. The van der Waals surface area contributed by atoms with Crippen LogP contribution in [0.1, 0.15) is 83.1 Å². The predicted octanol–water partition coefficient (Wildman–Crippen LogP) is 7.77. The van der Waals surface area contributed by atoms with Crippen LogP contribution < -0.4 is 0 Å². The lowest BCUT2D eigenvalue weighted by Gasteiger charge is -2.05. The maximum absolute atomic E-state index is 11.8. The van der Waals surface area contributed by atoms with E-state index in [1.807, 2.05) is 30.3 Å². The lowest BCUT2D eigenvalue weighted by Crippen LogP contribution is -2.09. The number of hydrogen-bond acceptors (Lipinski definition) is 4. The topological polar surface area (TPSA) is 52.6 Å². The molecule has 34 heavy (non-hydrogen) atoms. The van der Waals surface area contributed by atoms with Crippen molar-refractivity contribution < 1.29 is 19.1 Å². The van der Waals surface area contributed by atoms with Gasteiger partial charge in [0.25, 0.3) is 0 Å². The van der Waals surface area contributed by atoms with E-state index in [1.165, 1.54) is 31.8 Å². The summed E-state index contributed by atoms with van der Waals surface area (Å²) >= 11 is 0. The van der Waals surface area contributed by atoms with Crippen molar-refractivity contribution in [3.63, 3.8) is 0 Å². The van der Waals surface area contributed by atoms with Gasteiger partial charge in [-0.05, 0) is 56.6 Å². The molecule has 0 spiro atoms. The standard InChI is InChI=1S/C30H42O4/c1-2-3-4-5-6-7-8-9-10-11-12-13-14-15-19-23-29(31)33-26-20-27-34-30(32)25-24-28-21-17-16-18-22-28/h6-7,9-10,12-13,16-18,21-22,24-25H,2-5,8,11,14-15,19-20,23,26-27H2,1H3/b7-6-,10-9-,13-12-,25-24+. The minimum Gasteiger partial charge on any atom is -0.466 e. The SMILES string of the molecule is CCCCC/C=C\C/C=C\C/C=C\CCCCC(=O)OCCCOC(=O)/C=C/c1ccccc1. The van der Waals surface area contributed by atoms with Crippen molar-refractivity contribution in [1.29, 1.82) is 0 Å². The molecular formula is C30H42O4. The molecule has 0 aliphatic heterocycles. The highest BCUT2D eigenvalue weighted by molar-refractivity contribution is 5.87. The van der Waals surface area contributed by atoms with E-state index in [2.05, 4.69) is 43.4 Å². The molecule has 0 aliphatic rings. The summed E-state index contributed by atoms with van der Waals surface area (Å²) in [7, 11) is 0. The van der Waals surface area contributed by atoms with Gasteiger partial charge in [-0.15, -0.1) is 0 Å². The Morgan fingerprint density at radius 2 is 1.35 bits per heavy atom. The predicted molar refractivity (Wildman–Crippen MR) is 141 cm³/mol. The summed E-state index contributed by atoms with van der Waals surface area (Å²) in [6, 6.07) is 9.56. The number of benzene rings is 1. The van der Waals surface area contributed by atoms with Gasteiger partial charge in [0.05, 0.1) is 13.2 Å². The maximum Gasteiger partial charge on any atom is 0.330 e. The van der Waals surface area contributed by atoms with Crippen molar-refractivity contribution >= 4 is 18.0 Å². The first-order valence-corrected chi connectivity index (χ1v) is 12.7. The Morgan fingerprint density at radius 3 is 2.03 bits per heavy atom. The van der Waals surface area contributed by atoms with Crippen molar-refractivity contribution in [2.24, 2.45) is 0 Å². The van der Waals surface area contributed by atoms with Crippen molar-refractivity contribution in [3.8, 4) is 0 Å². The van der Waals surface area contributed by atoms with Gasteiger partial charge in [0.2, 0.25) is 0 Å². The maximum atomic E-state index is 11.8. The zero-order valence-electron chi connectivity index (χ0n) is 20.8. The Bertz CT molecular complexity index is 759. The average molecular weight is 467 g/mol. The van der Waals surface area contributed by atoms with E-state index in [0.29, 0.717) is 12.8 Å². The molecule has 0 atom stereocenters. The first-order valence-electron chi connectivity index (χ1n) is 12.7. The second-order valence-corrected chi connectivity index (χ2v) is 8.11. The second kappa shape index (κ2) is 21.9. The molecule has 4 nitrogen and oxygen atoms in total. The molecule has 0 aromatic heterocycles. The molecule has 4 heteroatoms. The van der Waals surface area contributed by atoms with E-state index in [0.717, 1.165) is 37.7 Å². The third-order valence-electron chi connectivity index (χ3n) is 5.03. The van der Waals surface area contributed by atoms with Crippen molar-refractivity contribution in [1.82, 2.24) is 0 Å². The summed E-state index contributed by atoms with van der Waals surface area (Å²) in [5.74, 6) is -0.585. The number of ether oxygens (including phenoxy) is 2. The number of allylic oxidation sites excluding steroid dienone is 6. The Hall–Kier alpha value is -2.88. The molecule has 0 radical (unpaired) electrons. The van der Waals surface area contributed by atoms with E-state index in [-0.39, 0.29) is 19.2 Å². The van der Waals surface area contributed by atoms with Crippen molar-refractivity contribution in [3.05, 3.63) is 78.4 Å². The summed E-state index contributed by atoms with van der Waals surface area (Å²) in [6.45, 7) is 2.74. The molecule has 1 aromatic carbocycles. The highest BCUT2D eigenvalue weighted by atomic mass is 16.5. The first kappa shape index (κ1) is 29.2. The summed E-state index contributed by atoms with van der Waals surface area (Å²) in [6.07, 6.45) is 27.1. The van der Waals surface area contributed by atoms with Gasteiger partial charge in [-0.3, -0.25) is 4.79 Å². The quantitative estimate of drug-likeness (QED) is 0.0904. The van der Waals surface area contributed by atoms with Crippen LogP contribution in [0.25, 0.3) is 6.08 Å². The number of carbonyl (C=O) groups is 2. The van der Waals surface area contributed by atoms with E-state index in [1.54, 1.807) is 6.08 Å². The monoisotopic (exact) mass is 466 g/mol. The number of esters is 2. The van der Waals surface area contributed by atoms with E-state index >= 15 is 0 Å². The average Bonchev–Trinajstić information content (AvgIpc) is 2.85. The molecule has 0 unspecified atom stereocenters. The Morgan fingerprint density at radius 1 is 0.735 bits per heavy atom. The summed E-state index contributed by atoms with van der Waals surface area (Å²) in [5, 5.41) is 0. The van der Waals surface area contributed by atoms with E-state index in [4.69, 9.17) is 9.47 Å². The molecule has 186 valence electrons. The van der Waals surface area contributed by atoms with Gasteiger partial charge >= 0.3 is 11.9 Å². The molecule has 0 N–H and O–H groups in total. The fourth-order valence-corrected chi connectivity index (χ4v) is 3.09. The minimum atomic E-state index is -0.395. The second-order valence-electron chi connectivity index (χ2n) is 8.11. The first-order chi connectivity index (χ1) is 16.7. The Balaban J connectivity index is 1.91. The summed E-state index contributed by atoms with van der Waals surface area (Å²) in [4.78, 5) is 23.4. The van der Waals surface area contributed by atoms with Crippen LogP contribution in [0.15, 0.2) is 72.9 Å². The number of carbonyl (C=O) groups excluding carboxylic acids is 2. The van der Waals surface area contributed by atoms with Gasteiger partial charge in [0.15, 0.2) is 0 Å². The fourth-order valence-electron chi connectivity index (χ4n) is 3.09. The van der Waals surface area contributed by atoms with Crippen LogP contribution in [-0.2, 0) is 19.1 Å². The van der Waals surface area contributed by atoms with Gasteiger partial charge in [-0.1, -0.05) is 86.6 Å². The van der Waals surface area contributed by atoms with Crippen molar-refractivity contribution in [2.45, 2.75) is 77.6 Å². The van der Waals surface area contributed by atoms with Crippen LogP contribution in [0.2, 0.25) is 0 Å². The highest BCUT2D eigenvalue weighted by Gasteiger charge is 2.03. The van der Waals surface area contributed by atoms with Gasteiger partial charge in [-0.25, -0.2) is 4.79 Å². The number of hydrogen-bond donors (Lipinski definition) is 0. The van der Waals surface area contributed by atoms with Crippen molar-refractivity contribution in [2.75, 3.05) is 13.2 Å². The van der Waals surface area contributed by atoms with Gasteiger partial charge in [-0.2, -0.15) is 0 Å². The van der Waals surface area contributed by atoms with Crippen LogP contribution in [0, 0.1) is 0 Å². The molecule has 0 amide bonds. The molecule has 0 aliphatic carbocycles. The van der Waals surface area contributed by atoms with Crippen LogP contribution in [0.4, 0.5) is 0 Å². The molecule has 0 bridgehead atoms. The zero-order chi connectivity index (χ0) is 24.5. The van der Waals surface area contributed by atoms with Gasteiger partial charge < -0.3 is 9.47 Å². The van der Waals surface area contributed by atoms with Crippen LogP contribution in [0.3, 0.4) is 0 Å². The fraction of sp³-hybridized carbons (Fsp3) is 0.467. The van der Waals surface area contributed by atoms with Crippen LogP contribution in [-0.4, -0.2) is 25.2 Å². The van der Waals surface area contributed by atoms with E-state index in [9.17, 15) is 9.59 Å². The Kier molecular flexibility index (Phi) is 18.8. The number of unbranched alkanes of at least 4 members (excludes halogenated alkanes) is 5. The zero-order valence-corrected chi connectivity index (χ0v) is 20.8. The van der Waals surface area contributed by atoms with Crippen LogP contribution in [0.5, 0.6) is 0 Å². The Labute approximate surface area is 206 Å². The smallest absolute Gasteiger partial charge is 0.330 e. The van der Waals surface area contributed by atoms with Crippen LogP contribution >= 0.6 is 0 Å². The summed E-state index contributed by atoms with van der Waals surface area (Å²) in [5.41, 5.74) is 0.942. The molecule has 0 saturated heterocycles. The minimum absolute atomic E-state index is 0.190. The molecule has 1 rings (SSSR count). The molecular weight excluding hydrogens is 424 g/mol. The largest absolute Gasteiger partial charge is 0.466 e. The highest BCUT2D eigenvalue weighted by Crippen LogP contribution is 2.05. The number of rotatable bonds is 19. The molecule has 0 heterocycles.